The summed E-state index contributed by atoms with van der Waals surface area (Å²) in [4.78, 5) is 1.73. The van der Waals surface area contributed by atoms with Crippen LogP contribution in [0.3, 0.4) is 0 Å². The molecule has 0 bridgehead atoms. The van der Waals surface area contributed by atoms with Crippen molar-refractivity contribution in [1.82, 2.24) is 9.21 Å². The van der Waals surface area contributed by atoms with Crippen LogP contribution in [0.2, 0.25) is 0 Å². The summed E-state index contributed by atoms with van der Waals surface area (Å²) in [6, 6.07) is 3.40. The number of likely N-dealkylation sites (N-methyl/N-ethyl adjacent to an activating group) is 1. The van der Waals surface area contributed by atoms with Gasteiger partial charge in [0.15, 0.2) is 0 Å². The van der Waals surface area contributed by atoms with Gasteiger partial charge in [0.25, 0.3) is 0 Å². The molecule has 114 valence electrons. The van der Waals surface area contributed by atoms with Crippen LogP contribution in [-0.4, -0.2) is 51.4 Å². The van der Waals surface area contributed by atoms with E-state index < -0.39 is 15.8 Å². The number of rotatable bonds is 7. The molecule has 5 nitrogen and oxygen atoms in total. The number of hydrogen-bond donors (Lipinski definition) is 1. The number of benzene rings is 1. The average Bonchev–Trinajstić information content (AvgIpc) is 2.36. The molecule has 0 aliphatic rings. The molecule has 2 N–H and O–H groups in total. The molecule has 0 aromatic heterocycles. The molecule has 0 unspecified atom stereocenters. The topological polar surface area (TPSA) is 66.6 Å². The van der Waals surface area contributed by atoms with E-state index in [4.69, 9.17) is 5.73 Å². The quantitative estimate of drug-likeness (QED) is 0.773. The summed E-state index contributed by atoms with van der Waals surface area (Å²) in [6.07, 6.45) is 0.682. The van der Waals surface area contributed by atoms with Gasteiger partial charge in [-0.3, -0.25) is 0 Å². The molecule has 0 heterocycles. The predicted octanol–water partition coefficient (Wildman–Crippen LogP) is 1.37. The van der Waals surface area contributed by atoms with E-state index in [-0.39, 0.29) is 10.6 Å². The maximum Gasteiger partial charge on any atom is 0.245 e. The summed E-state index contributed by atoms with van der Waals surface area (Å²) in [5.74, 6) is -0.609. The van der Waals surface area contributed by atoms with E-state index in [1.54, 1.807) is 0 Å². The first kappa shape index (κ1) is 16.9. The monoisotopic (exact) mass is 303 g/mol. The first-order valence-corrected chi connectivity index (χ1v) is 7.93. The lowest BCUT2D eigenvalue weighted by molar-refractivity contribution is 0.333. The Hall–Kier alpha value is -1.18. The van der Waals surface area contributed by atoms with E-state index in [0.29, 0.717) is 26.1 Å². The summed E-state index contributed by atoms with van der Waals surface area (Å²) >= 11 is 0. The molecule has 20 heavy (non-hydrogen) atoms. The van der Waals surface area contributed by atoms with Crippen molar-refractivity contribution in [1.29, 1.82) is 0 Å². The maximum atomic E-state index is 13.3. The van der Waals surface area contributed by atoms with Crippen molar-refractivity contribution < 1.29 is 12.8 Å². The third-order valence-corrected chi connectivity index (χ3v) is 4.82. The molecule has 0 atom stereocenters. The fourth-order valence-corrected chi connectivity index (χ4v) is 3.43. The van der Waals surface area contributed by atoms with E-state index in [9.17, 15) is 12.8 Å². The Morgan fingerprint density at radius 1 is 1.20 bits per heavy atom. The Morgan fingerprint density at radius 2 is 1.85 bits per heavy atom. The van der Waals surface area contributed by atoms with E-state index in [1.165, 1.54) is 10.4 Å². The number of anilines is 1. The number of nitrogen functional groups attached to an aromatic ring is 1. The van der Waals surface area contributed by atoms with Gasteiger partial charge in [-0.2, -0.15) is 4.31 Å². The fraction of sp³-hybridized carbons (Fsp3) is 0.538. The van der Waals surface area contributed by atoms with Crippen molar-refractivity contribution in [3.8, 4) is 0 Å². The third-order valence-electron chi connectivity index (χ3n) is 2.86. The van der Waals surface area contributed by atoms with Crippen molar-refractivity contribution in [2.75, 3.05) is 39.5 Å². The van der Waals surface area contributed by atoms with Crippen LogP contribution in [0, 0.1) is 5.82 Å². The zero-order valence-corrected chi connectivity index (χ0v) is 13.0. The first-order valence-electron chi connectivity index (χ1n) is 6.49. The van der Waals surface area contributed by atoms with Gasteiger partial charge in [0, 0.05) is 19.6 Å². The number of nitrogens with zero attached hydrogens (tertiary/aromatic N) is 2. The second-order valence-electron chi connectivity index (χ2n) is 4.89. The zero-order valence-electron chi connectivity index (χ0n) is 12.1. The highest BCUT2D eigenvalue weighted by atomic mass is 32.2. The smallest absolute Gasteiger partial charge is 0.245 e. The van der Waals surface area contributed by atoms with Crippen molar-refractivity contribution in [2.24, 2.45) is 0 Å². The summed E-state index contributed by atoms with van der Waals surface area (Å²) in [5, 5.41) is 0. The van der Waals surface area contributed by atoms with Crippen LogP contribution >= 0.6 is 0 Å². The molecule has 7 heteroatoms. The summed E-state index contributed by atoms with van der Waals surface area (Å²) in [6.45, 7) is 3.22. The Bertz CT molecular complexity index is 547. The molecule has 0 spiro atoms. The average molecular weight is 303 g/mol. The van der Waals surface area contributed by atoms with Crippen LogP contribution in [0.5, 0.6) is 0 Å². The van der Waals surface area contributed by atoms with Crippen LogP contribution in [-0.2, 0) is 10.0 Å². The molecular formula is C13H22FN3O2S. The highest BCUT2D eigenvalue weighted by molar-refractivity contribution is 7.89. The highest BCUT2D eigenvalue weighted by Crippen LogP contribution is 2.23. The summed E-state index contributed by atoms with van der Waals surface area (Å²) in [5.41, 5.74) is 5.75. The number of sulfonamides is 1. The minimum absolute atomic E-state index is 0.0670. The van der Waals surface area contributed by atoms with Gasteiger partial charge in [-0.1, -0.05) is 6.92 Å². The van der Waals surface area contributed by atoms with Gasteiger partial charge in [0.2, 0.25) is 10.0 Å². The molecular weight excluding hydrogens is 281 g/mol. The number of nitrogens with two attached hydrogens (primary N) is 1. The van der Waals surface area contributed by atoms with E-state index >= 15 is 0 Å². The number of halogens is 1. The standard InChI is InChI=1S/C13H22FN3O2S/c1-4-7-17(9-8-16(2)3)20(18,19)13-10-11(14)5-6-12(13)15/h5-6,10H,4,7-9,15H2,1-3H3. The lowest BCUT2D eigenvalue weighted by Gasteiger charge is -2.24. The first-order chi connectivity index (χ1) is 9.28. The molecule has 1 rings (SSSR count). The normalized spacial score (nSPS) is 12.3. The van der Waals surface area contributed by atoms with Gasteiger partial charge in [-0.15, -0.1) is 0 Å². The van der Waals surface area contributed by atoms with Gasteiger partial charge >= 0.3 is 0 Å². The van der Waals surface area contributed by atoms with Crippen molar-refractivity contribution in [2.45, 2.75) is 18.2 Å². The largest absolute Gasteiger partial charge is 0.398 e. The SMILES string of the molecule is CCCN(CCN(C)C)S(=O)(=O)c1cc(F)ccc1N. The Kier molecular flexibility index (Phi) is 5.91. The van der Waals surface area contributed by atoms with Crippen LogP contribution in [0.25, 0.3) is 0 Å². The maximum absolute atomic E-state index is 13.3. The molecule has 0 fully saturated rings. The van der Waals surface area contributed by atoms with Gasteiger partial charge in [-0.05, 0) is 38.7 Å². The molecule has 0 radical (unpaired) electrons. The molecule has 1 aromatic carbocycles. The molecule has 0 aliphatic carbocycles. The highest BCUT2D eigenvalue weighted by Gasteiger charge is 2.26. The minimum atomic E-state index is -3.77. The van der Waals surface area contributed by atoms with Crippen molar-refractivity contribution in [3.63, 3.8) is 0 Å². The van der Waals surface area contributed by atoms with Gasteiger partial charge in [-0.25, -0.2) is 12.8 Å². The van der Waals surface area contributed by atoms with Crippen LogP contribution in [0.15, 0.2) is 23.1 Å². The second kappa shape index (κ2) is 7.01. The molecule has 0 amide bonds. The Balaban J connectivity index is 3.12. The lowest BCUT2D eigenvalue weighted by Crippen LogP contribution is -2.37. The zero-order chi connectivity index (χ0) is 15.3. The van der Waals surface area contributed by atoms with E-state index in [2.05, 4.69) is 0 Å². The lowest BCUT2D eigenvalue weighted by atomic mass is 10.3. The van der Waals surface area contributed by atoms with Crippen molar-refractivity contribution in [3.05, 3.63) is 24.0 Å². The Morgan fingerprint density at radius 3 is 2.40 bits per heavy atom. The van der Waals surface area contributed by atoms with Crippen LogP contribution < -0.4 is 5.73 Å². The van der Waals surface area contributed by atoms with Crippen molar-refractivity contribution >= 4 is 15.7 Å². The molecule has 0 saturated heterocycles. The van der Waals surface area contributed by atoms with Gasteiger partial charge in [0.05, 0.1) is 5.69 Å². The van der Waals surface area contributed by atoms with Crippen LogP contribution in [0.4, 0.5) is 10.1 Å². The fourth-order valence-electron chi connectivity index (χ4n) is 1.78. The predicted molar refractivity (Wildman–Crippen MR) is 78.4 cm³/mol. The minimum Gasteiger partial charge on any atom is -0.398 e. The summed E-state index contributed by atoms with van der Waals surface area (Å²) < 4.78 is 39.8. The van der Waals surface area contributed by atoms with Gasteiger partial charge < -0.3 is 10.6 Å². The van der Waals surface area contributed by atoms with E-state index in [0.717, 1.165) is 12.1 Å². The second-order valence-corrected chi connectivity index (χ2v) is 6.80. The summed E-state index contributed by atoms with van der Waals surface area (Å²) in [7, 11) is -0.0337. The van der Waals surface area contributed by atoms with Crippen LogP contribution in [0.1, 0.15) is 13.3 Å². The molecule has 1 aromatic rings. The Labute approximate surface area is 120 Å². The molecule has 0 saturated carbocycles. The number of hydrogen-bond acceptors (Lipinski definition) is 4. The third kappa shape index (κ3) is 4.16. The van der Waals surface area contributed by atoms with Gasteiger partial charge in [0.1, 0.15) is 10.7 Å². The van der Waals surface area contributed by atoms with E-state index in [1.807, 2.05) is 25.9 Å². The molecule has 0 aliphatic heterocycles.